The van der Waals surface area contributed by atoms with Gasteiger partial charge in [0.25, 0.3) is 0 Å². The van der Waals surface area contributed by atoms with Crippen molar-refractivity contribution < 1.29 is 9.21 Å². The molecule has 0 spiro atoms. The van der Waals surface area contributed by atoms with Gasteiger partial charge in [-0.3, -0.25) is 4.79 Å². The summed E-state index contributed by atoms with van der Waals surface area (Å²) in [6, 6.07) is 11.3. The lowest BCUT2D eigenvalue weighted by molar-refractivity contribution is -0.121. The van der Waals surface area contributed by atoms with Crippen LogP contribution in [0.5, 0.6) is 0 Å². The van der Waals surface area contributed by atoms with Crippen LogP contribution in [0.4, 0.5) is 11.4 Å². The van der Waals surface area contributed by atoms with E-state index in [1.165, 1.54) is 0 Å². The number of hydrogen-bond donors (Lipinski definition) is 2. The molecule has 0 radical (unpaired) electrons. The van der Waals surface area contributed by atoms with Crippen molar-refractivity contribution in [1.82, 2.24) is 5.32 Å². The van der Waals surface area contributed by atoms with E-state index in [0.717, 1.165) is 17.1 Å². The van der Waals surface area contributed by atoms with E-state index in [1.807, 2.05) is 56.3 Å². The maximum Gasteiger partial charge on any atom is 0.242 e. The molecule has 1 heterocycles. The zero-order chi connectivity index (χ0) is 15.2. The minimum Gasteiger partial charge on any atom is -0.467 e. The summed E-state index contributed by atoms with van der Waals surface area (Å²) in [5.74, 6) is 0.673. The number of amides is 1. The molecule has 5 nitrogen and oxygen atoms in total. The molecule has 2 rings (SSSR count). The minimum atomic E-state index is -0.322. The van der Waals surface area contributed by atoms with Gasteiger partial charge < -0.3 is 20.0 Å². The Bertz CT molecular complexity index is 579. The van der Waals surface area contributed by atoms with E-state index in [2.05, 4.69) is 10.6 Å². The Morgan fingerprint density at radius 1 is 1.29 bits per heavy atom. The average Bonchev–Trinajstić information content (AvgIpc) is 2.98. The molecule has 0 saturated heterocycles. The summed E-state index contributed by atoms with van der Waals surface area (Å²) in [7, 11) is 3.97. The lowest BCUT2D eigenvalue weighted by atomic mass is 10.2. The van der Waals surface area contributed by atoms with Gasteiger partial charge in [-0.2, -0.15) is 0 Å². The van der Waals surface area contributed by atoms with Crippen LogP contribution in [0.1, 0.15) is 12.7 Å². The first-order chi connectivity index (χ1) is 10.1. The van der Waals surface area contributed by atoms with Gasteiger partial charge in [-0.15, -0.1) is 0 Å². The van der Waals surface area contributed by atoms with Crippen LogP contribution in [0.15, 0.2) is 47.1 Å². The lowest BCUT2D eigenvalue weighted by Crippen LogP contribution is -2.37. The smallest absolute Gasteiger partial charge is 0.242 e. The molecular formula is C16H21N3O2. The zero-order valence-electron chi connectivity index (χ0n) is 12.6. The second kappa shape index (κ2) is 6.83. The summed E-state index contributed by atoms with van der Waals surface area (Å²) in [4.78, 5) is 14.1. The van der Waals surface area contributed by atoms with Crippen molar-refractivity contribution in [3.8, 4) is 0 Å². The Kier molecular flexibility index (Phi) is 4.87. The topological polar surface area (TPSA) is 57.5 Å². The molecule has 0 fully saturated rings. The molecule has 0 aliphatic carbocycles. The number of anilines is 2. The molecule has 0 bridgehead atoms. The summed E-state index contributed by atoms with van der Waals surface area (Å²) in [5.41, 5.74) is 2.00. The quantitative estimate of drug-likeness (QED) is 0.857. The number of rotatable bonds is 6. The number of furan rings is 1. The van der Waals surface area contributed by atoms with Crippen LogP contribution in [0, 0.1) is 0 Å². The Labute approximate surface area is 124 Å². The van der Waals surface area contributed by atoms with Crippen molar-refractivity contribution in [3.63, 3.8) is 0 Å². The Morgan fingerprint density at radius 3 is 2.76 bits per heavy atom. The lowest BCUT2D eigenvalue weighted by Gasteiger charge is -2.17. The van der Waals surface area contributed by atoms with Gasteiger partial charge in [0.2, 0.25) is 5.91 Å². The Morgan fingerprint density at radius 2 is 2.10 bits per heavy atom. The number of carbonyl (C=O) groups excluding carboxylic acids is 1. The van der Waals surface area contributed by atoms with Gasteiger partial charge in [0.05, 0.1) is 12.8 Å². The number of hydrogen-bond acceptors (Lipinski definition) is 4. The van der Waals surface area contributed by atoms with E-state index in [9.17, 15) is 4.79 Å². The van der Waals surface area contributed by atoms with Gasteiger partial charge in [-0.05, 0) is 37.3 Å². The molecule has 1 unspecified atom stereocenters. The van der Waals surface area contributed by atoms with Gasteiger partial charge in [-0.1, -0.05) is 6.07 Å². The minimum absolute atomic E-state index is 0.0679. The summed E-state index contributed by atoms with van der Waals surface area (Å²) < 4.78 is 5.18. The number of nitrogens with zero attached hydrogens (tertiary/aromatic N) is 1. The summed E-state index contributed by atoms with van der Waals surface area (Å²) in [5, 5.41) is 6.03. The highest BCUT2D eigenvalue weighted by Crippen LogP contribution is 2.17. The van der Waals surface area contributed by atoms with E-state index in [-0.39, 0.29) is 11.9 Å². The molecule has 21 heavy (non-hydrogen) atoms. The molecule has 5 heteroatoms. The fourth-order valence-corrected chi connectivity index (χ4v) is 1.93. The first-order valence-corrected chi connectivity index (χ1v) is 6.90. The number of nitrogens with one attached hydrogen (secondary N) is 2. The van der Waals surface area contributed by atoms with Gasteiger partial charge >= 0.3 is 0 Å². The van der Waals surface area contributed by atoms with Gasteiger partial charge in [0.15, 0.2) is 0 Å². The van der Waals surface area contributed by atoms with Crippen LogP contribution in [-0.2, 0) is 11.3 Å². The van der Waals surface area contributed by atoms with E-state index < -0.39 is 0 Å². The third-order valence-electron chi connectivity index (χ3n) is 3.16. The predicted molar refractivity (Wildman–Crippen MR) is 84.4 cm³/mol. The second-order valence-electron chi connectivity index (χ2n) is 5.11. The zero-order valence-corrected chi connectivity index (χ0v) is 12.6. The van der Waals surface area contributed by atoms with Crippen molar-refractivity contribution in [2.75, 3.05) is 24.3 Å². The largest absolute Gasteiger partial charge is 0.467 e. The first kappa shape index (κ1) is 15.0. The highest BCUT2D eigenvalue weighted by Gasteiger charge is 2.12. The van der Waals surface area contributed by atoms with Crippen molar-refractivity contribution >= 4 is 17.3 Å². The Hall–Kier alpha value is -2.43. The molecule has 1 atom stereocenters. The summed E-state index contributed by atoms with van der Waals surface area (Å²) in [6.07, 6.45) is 1.59. The average molecular weight is 287 g/mol. The molecule has 0 aliphatic heterocycles. The number of carbonyl (C=O) groups is 1. The third kappa shape index (κ3) is 4.27. The van der Waals surface area contributed by atoms with Gasteiger partial charge in [-0.25, -0.2) is 0 Å². The van der Waals surface area contributed by atoms with Crippen molar-refractivity contribution in [3.05, 3.63) is 48.4 Å². The van der Waals surface area contributed by atoms with E-state index in [0.29, 0.717) is 6.54 Å². The number of benzene rings is 1. The van der Waals surface area contributed by atoms with Crippen molar-refractivity contribution in [1.29, 1.82) is 0 Å². The Balaban J connectivity index is 1.89. The van der Waals surface area contributed by atoms with E-state index in [4.69, 9.17) is 4.42 Å². The third-order valence-corrected chi connectivity index (χ3v) is 3.16. The van der Waals surface area contributed by atoms with Crippen LogP contribution >= 0.6 is 0 Å². The van der Waals surface area contributed by atoms with Crippen LogP contribution in [0.3, 0.4) is 0 Å². The molecule has 2 aromatic rings. The van der Waals surface area contributed by atoms with E-state index in [1.54, 1.807) is 12.3 Å². The maximum absolute atomic E-state index is 12.0. The monoisotopic (exact) mass is 287 g/mol. The fourth-order valence-electron chi connectivity index (χ4n) is 1.93. The fraction of sp³-hybridized carbons (Fsp3) is 0.312. The van der Waals surface area contributed by atoms with Crippen molar-refractivity contribution in [2.45, 2.75) is 19.5 Å². The molecule has 1 aromatic heterocycles. The maximum atomic E-state index is 12.0. The summed E-state index contributed by atoms with van der Waals surface area (Å²) in [6.45, 7) is 2.23. The molecule has 1 amide bonds. The highest BCUT2D eigenvalue weighted by atomic mass is 16.3. The van der Waals surface area contributed by atoms with Crippen LogP contribution in [0.25, 0.3) is 0 Å². The van der Waals surface area contributed by atoms with Crippen LogP contribution in [0.2, 0.25) is 0 Å². The molecule has 1 aromatic carbocycles. The van der Waals surface area contributed by atoms with Crippen LogP contribution < -0.4 is 15.5 Å². The van der Waals surface area contributed by atoms with Gasteiger partial charge in [0.1, 0.15) is 11.8 Å². The molecule has 112 valence electrons. The first-order valence-electron chi connectivity index (χ1n) is 6.90. The normalized spacial score (nSPS) is 11.8. The van der Waals surface area contributed by atoms with E-state index >= 15 is 0 Å². The molecule has 0 saturated carbocycles. The van der Waals surface area contributed by atoms with Crippen LogP contribution in [-0.4, -0.2) is 26.0 Å². The van der Waals surface area contributed by atoms with Crippen molar-refractivity contribution in [2.24, 2.45) is 0 Å². The molecule has 2 N–H and O–H groups in total. The van der Waals surface area contributed by atoms with Gasteiger partial charge in [0, 0.05) is 25.5 Å². The second-order valence-corrected chi connectivity index (χ2v) is 5.11. The highest BCUT2D eigenvalue weighted by molar-refractivity contribution is 5.84. The molecule has 0 aliphatic rings. The predicted octanol–water partition coefficient (Wildman–Crippen LogP) is 2.46. The molecular weight excluding hydrogens is 266 g/mol. The standard InChI is InChI=1S/C16H21N3O2/c1-12(16(20)17-11-15-8-5-9-21-15)18-13-6-4-7-14(10-13)19(2)3/h4-10,12,18H,11H2,1-3H3,(H,17,20). The summed E-state index contributed by atoms with van der Waals surface area (Å²) >= 11 is 0. The SMILES string of the molecule is CC(Nc1cccc(N(C)C)c1)C(=O)NCc1ccco1.